The molecule has 1 atom stereocenters. The largest absolute Gasteiger partial charge is 0.491 e. The van der Waals surface area contributed by atoms with Gasteiger partial charge in [0.2, 0.25) is 0 Å². The molecule has 2 aromatic rings. The number of likely N-dealkylation sites (tertiary alicyclic amines) is 1. The summed E-state index contributed by atoms with van der Waals surface area (Å²) in [6.45, 7) is 0.814. The molecule has 1 saturated heterocycles. The van der Waals surface area contributed by atoms with Gasteiger partial charge >= 0.3 is 0 Å². The number of aromatic amines is 1. The van der Waals surface area contributed by atoms with Crippen LogP contribution >= 0.6 is 0 Å². The minimum absolute atomic E-state index is 0.0470. The Balaban J connectivity index is 1.62. The van der Waals surface area contributed by atoms with Crippen molar-refractivity contribution in [1.82, 2.24) is 15.1 Å². The van der Waals surface area contributed by atoms with Crippen LogP contribution in [0.25, 0.3) is 0 Å². The van der Waals surface area contributed by atoms with Crippen LogP contribution in [0.4, 0.5) is 4.39 Å². The molecule has 122 valence electrons. The third-order valence-corrected chi connectivity index (χ3v) is 3.89. The fourth-order valence-corrected chi connectivity index (χ4v) is 2.70. The van der Waals surface area contributed by atoms with Crippen molar-refractivity contribution in [2.45, 2.75) is 18.4 Å². The second-order valence-electron chi connectivity index (χ2n) is 5.77. The highest BCUT2D eigenvalue weighted by molar-refractivity contribution is 5.92. The Hall–Kier alpha value is -2.41. The van der Waals surface area contributed by atoms with Gasteiger partial charge in [-0.05, 0) is 43.2 Å². The summed E-state index contributed by atoms with van der Waals surface area (Å²) in [5.41, 5.74) is -0.726. The van der Waals surface area contributed by atoms with Crippen molar-refractivity contribution in [3.8, 4) is 5.75 Å². The van der Waals surface area contributed by atoms with Gasteiger partial charge in [0.1, 0.15) is 29.5 Å². The Morgan fingerprint density at radius 3 is 2.87 bits per heavy atom. The van der Waals surface area contributed by atoms with Gasteiger partial charge in [-0.3, -0.25) is 9.89 Å². The van der Waals surface area contributed by atoms with Crippen LogP contribution in [0.3, 0.4) is 0 Å². The van der Waals surface area contributed by atoms with Gasteiger partial charge in [-0.25, -0.2) is 4.39 Å². The first kappa shape index (κ1) is 15.5. The van der Waals surface area contributed by atoms with Gasteiger partial charge in [0.15, 0.2) is 0 Å². The Morgan fingerprint density at radius 2 is 2.17 bits per heavy atom. The molecule has 0 radical (unpaired) electrons. The van der Waals surface area contributed by atoms with Gasteiger partial charge in [0, 0.05) is 12.7 Å². The number of piperidine rings is 1. The van der Waals surface area contributed by atoms with E-state index in [0.29, 0.717) is 30.8 Å². The molecule has 1 fully saturated rings. The minimum atomic E-state index is -1.12. The van der Waals surface area contributed by atoms with E-state index in [1.807, 2.05) is 0 Å². The summed E-state index contributed by atoms with van der Waals surface area (Å²) in [6, 6.07) is 7.22. The lowest BCUT2D eigenvalue weighted by atomic mass is 9.93. The third kappa shape index (κ3) is 3.68. The van der Waals surface area contributed by atoms with Gasteiger partial charge in [0.25, 0.3) is 5.91 Å². The van der Waals surface area contributed by atoms with Crippen molar-refractivity contribution >= 4 is 5.91 Å². The number of carbonyl (C=O) groups excluding carboxylic acids is 1. The molecule has 7 heteroatoms. The van der Waals surface area contributed by atoms with E-state index < -0.39 is 5.60 Å². The van der Waals surface area contributed by atoms with E-state index in [2.05, 4.69) is 10.2 Å². The average molecular weight is 319 g/mol. The predicted octanol–water partition coefficient (Wildman–Crippen LogP) is 1.59. The zero-order chi connectivity index (χ0) is 16.3. The van der Waals surface area contributed by atoms with Crippen molar-refractivity contribution < 1.29 is 19.0 Å². The van der Waals surface area contributed by atoms with E-state index in [0.717, 1.165) is 0 Å². The van der Waals surface area contributed by atoms with Crippen molar-refractivity contribution in [2.24, 2.45) is 0 Å². The number of nitrogens with one attached hydrogen (secondary N) is 1. The molecule has 1 aliphatic heterocycles. The number of amides is 1. The monoisotopic (exact) mass is 319 g/mol. The van der Waals surface area contributed by atoms with E-state index in [9.17, 15) is 14.3 Å². The SMILES string of the molecule is O=C(c1ccn[nH]1)N1CCCC(O)(COc2ccc(F)cc2)C1. The number of aliphatic hydroxyl groups is 1. The number of benzene rings is 1. The van der Waals surface area contributed by atoms with Crippen LogP contribution in [0.1, 0.15) is 23.3 Å². The maximum atomic E-state index is 12.9. The molecule has 1 aromatic carbocycles. The molecule has 1 aliphatic rings. The van der Waals surface area contributed by atoms with Gasteiger partial charge < -0.3 is 14.7 Å². The first-order chi connectivity index (χ1) is 11.1. The smallest absolute Gasteiger partial charge is 0.271 e. The first-order valence-electron chi connectivity index (χ1n) is 7.45. The molecule has 1 unspecified atom stereocenters. The van der Waals surface area contributed by atoms with Gasteiger partial charge in [-0.15, -0.1) is 0 Å². The number of rotatable bonds is 4. The van der Waals surface area contributed by atoms with Crippen LogP contribution in [-0.2, 0) is 0 Å². The number of aromatic nitrogens is 2. The molecule has 23 heavy (non-hydrogen) atoms. The van der Waals surface area contributed by atoms with Crippen LogP contribution in [0.2, 0.25) is 0 Å². The van der Waals surface area contributed by atoms with Crippen LogP contribution in [-0.4, -0.2) is 51.4 Å². The van der Waals surface area contributed by atoms with Crippen molar-refractivity contribution in [2.75, 3.05) is 19.7 Å². The van der Waals surface area contributed by atoms with E-state index in [-0.39, 0.29) is 24.9 Å². The summed E-state index contributed by atoms with van der Waals surface area (Å²) in [4.78, 5) is 13.9. The Morgan fingerprint density at radius 1 is 1.39 bits per heavy atom. The molecule has 2 heterocycles. The number of H-pyrrole nitrogens is 1. The highest BCUT2D eigenvalue weighted by Gasteiger charge is 2.36. The van der Waals surface area contributed by atoms with Crippen LogP contribution in [0.15, 0.2) is 36.5 Å². The maximum absolute atomic E-state index is 12.9. The Bertz CT molecular complexity index is 660. The molecular weight excluding hydrogens is 301 g/mol. The van der Waals surface area contributed by atoms with Crippen LogP contribution < -0.4 is 4.74 Å². The number of ether oxygens (including phenoxy) is 1. The normalized spacial score (nSPS) is 21.2. The molecule has 1 aromatic heterocycles. The molecule has 1 amide bonds. The zero-order valence-electron chi connectivity index (χ0n) is 12.5. The van der Waals surface area contributed by atoms with Gasteiger partial charge in [-0.2, -0.15) is 5.10 Å². The number of halogens is 1. The lowest BCUT2D eigenvalue weighted by Gasteiger charge is -2.38. The molecule has 0 bridgehead atoms. The van der Waals surface area contributed by atoms with E-state index in [1.165, 1.54) is 30.5 Å². The van der Waals surface area contributed by atoms with Crippen molar-refractivity contribution in [1.29, 1.82) is 0 Å². The minimum Gasteiger partial charge on any atom is -0.491 e. The maximum Gasteiger partial charge on any atom is 0.271 e. The third-order valence-electron chi connectivity index (χ3n) is 3.89. The first-order valence-corrected chi connectivity index (χ1v) is 7.45. The molecule has 6 nitrogen and oxygen atoms in total. The topological polar surface area (TPSA) is 78.5 Å². The summed E-state index contributed by atoms with van der Waals surface area (Å²) in [6.07, 6.45) is 2.74. The van der Waals surface area contributed by atoms with Crippen LogP contribution in [0, 0.1) is 5.82 Å². The lowest BCUT2D eigenvalue weighted by Crippen LogP contribution is -2.53. The average Bonchev–Trinajstić information content (AvgIpc) is 3.08. The number of hydrogen-bond donors (Lipinski definition) is 2. The zero-order valence-corrected chi connectivity index (χ0v) is 12.5. The lowest BCUT2D eigenvalue weighted by molar-refractivity contribution is -0.0533. The van der Waals surface area contributed by atoms with E-state index in [4.69, 9.17) is 4.74 Å². The summed E-state index contributed by atoms with van der Waals surface area (Å²) in [7, 11) is 0. The fraction of sp³-hybridized carbons (Fsp3) is 0.375. The van der Waals surface area contributed by atoms with Gasteiger partial charge in [-0.1, -0.05) is 0 Å². The Labute approximate surface area is 132 Å². The summed E-state index contributed by atoms with van der Waals surface area (Å²) < 4.78 is 18.4. The second-order valence-corrected chi connectivity index (χ2v) is 5.77. The second kappa shape index (κ2) is 6.37. The predicted molar refractivity (Wildman–Crippen MR) is 80.6 cm³/mol. The Kier molecular flexibility index (Phi) is 4.29. The van der Waals surface area contributed by atoms with E-state index in [1.54, 1.807) is 11.0 Å². The molecule has 0 aliphatic carbocycles. The van der Waals surface area contributed by atoms with Gasteiger partial charge in [0.05, 0.1) is 6.54 Å². The molecule has 2 N–H and O–H groups in total. The summed E-state index contributed by atoms with van der Waals surface area (Å²) >= 11 is 0. The highest BCUT2D eigenvalue weighted by atomic mass is 19.1. The molecule has 0 saturated carbocycles. The summed E-state index contributed by atoms with van der Waals surface area (Å²) in [5.74, 6) is -0.0516. The number of carbonyl (C=O) groups is 1. The highest BCUT2D eigenvalue weighted by Crippen LogP contribution is 2.24. The molecular formula is C16H18FN3O3. The van der Waals surface area contributed by atoms with Crippen molar-refractivity contribution in [3.63, 3.8) is 0 Å². The number of hydrogen-bond acceptors (Lipinski definition) is 4. The number of β-amino-alcohol motifs (C(OH)–C–C–N with tert-alkyl or cyclic N) is 1. The summed E-state index contributed by atoms with van der Waals surface area (Å²) in [5, 5.41) is 17.1. The van der Waals surface area contributed by atoms with E-state index >= 15 is 0 Å². The molecule has 3 rings (SSSR count). The quantitative estimate of drug-likeness (QED) is 0.897. The standard InChI is InChI=1S/C16H18FN3O3/c17-12-2-4-13(5-3-12)23-11-16(22)7-1-9-20(10-16)15(21)14-6-8-18-19-14/h2-6,8,22H,1,7,9-11H2,(H,18,19). The van der Waals surface area contributed by atoms with Crippen LogP contribution in [0.5, 0.6) is 5.75 Å². The fourth-order valence-electron chi connectivity index (χ4n) is 2.70. The van der Waals surface area contributed by atoms with Crippen molar-refractivity contribution in [3.05, 3.63) is 48.0 Å². The molecule has 0 spiro atoms. The number of nitrogens with zero attached hydrogens (tertiary/aromatic N) is 2.